The average Bonchev–Trinajstić information content (AvgIpc) is 2.88. The lowest BCUT2D eigenvalue weighted by atomic mass is 9.92. The lowest BCUT2D eigenvalue weighted by molar-refractivity contribution is -0.156. The van der Waals surface area contributed by atoms with Crippen molar-refractivity contribution in [1.29, 1.82) is 0 Å². The predicted molar refractivity (Wildman–Crippen MR) is 71.7 cm³/mol. The van der Waals surface area contributed by atoms with E-state index in [2.05, 4.69) is 0 Å². The van der Waals surface area contributed by atoms with Gasteiger partial charge in [0.15, 0.2) is 11.6 Å². The van der Waals surface area contributed by atoms with Crippen LogP contribution in [-0.2, 0) is 16.0 Å². The highest BCUT2D eigenvalue weighted by atomic mass is 19.2. The molecule has 1 saturated heterocycles. The molecule has 0 aromatic heterocycles. The molecule has 1 amide bonds. The van der Waals surface area contributed by atoms with Gasteiger partial charge in [-0.3, -0.25) is 4.79 Å². The van der Waals surface area contributed by atoms with Crippen molar-refractivity contribution in [2.75, 3.05) is 6.54 Å². The van der Waals surface area contributed by atoms with Gasteiger partial charge >= 0.3 is 5.97 Å². The number of nitrogens with zero attached hydrogens (tertiary/aromatic N) is 1. The van der Waals surface area contributed by atoms with Gasteiger partial charge in [-0.25, -0.2) is 13.6 Å². The number of carboxylic acid groups (broad SMARTS) is 1. The smallest absolute Gasteiger partial charge is 0.329 e. The highest BCUT2D eigenvalue weighted by molar-refractivity contribution is 5.88. The zero-order valence-corrected chi connectivity index (χ0v) is 11.7. The maximum absolute atomic E-state index is 13.2. The second kappa shape index (κ2) is 5.79. The standard InChI is InChI=1S/C15H17F2NO3/c1-2-15(14(20)21)6-3-7-18(15)13(19)9-10-4-5-11(16)12(17)8-10/h4-5,8H,2-3,6-7,9H2,1H3,(H,20,21). The lowest BCUT2D eigenvalue weighted by Gasteiger charge is -2.34. The minimum Gasteiger partial charge on any atom is -0.479 e. The third kappa shape index (κ3) is 2.75. The van der Waals surface area contributed by atoms with Gasteiger partial charge in [-0.05, 0) is 37.0 Å². The van der Waals surface area contributed by atoms with E-state index in [0.717, 1.165) is 12.1 Å². The van der Waals surface area contributed by atoms with Crippen molar-refractivity contribution in [3.05, 3.63) is 35.4 Å². The molecule has 4 nitrogen and oxygen atoms in total. The summed E-state index contributed by atoms with van der Waals surface area (Å²) >= 11 is 0. The number of aliphatic carboxylic acids is 1. The molecule has 1 unspecified atom stereocenters. The van der Waals surface area contributed by atoms with E-state index in [-0.39, 0.29) is 12.3 Å². The van der Waals surface area contributed by atoms with Crippen LogP contribution >= 0.6 is 0 Å². The molecule has 1 aromatic carbocycles. The number of carboxylic acids is 1. The molecule has 6 heteroatoms. The number of rotatable bonds is 4. The van der Waals surface area contributed by atoms with Crippen molar-refractivity contribution < 1.29 is 23.5 Å². The fraction of sp³-hybridized carbons (Fsp3) is 0.467. The van der Waals surface area contributed by atoms with Crippen LogP contribution in [0.3, 0.4) is 0 Å². The monoisotopic (exact) mass is 297 g/mol. The number of hydrogen-bond acceptors (Lipinski definition) is 2. The summed E-state index contributed by atoms with van der Waals surface area (Å²) in [5, 5.41) is 9.43. The van der Waals surface area contributed by atoms with E-state index in [0.29, 0.717) is 31.4 Å². The van der Waals surface area contributed by atoms with Gasteiger partial charge in [0.25, 0.3) is 0 Å². The number of halogens is 2. The van der Waals surface area contributed by atoms with E-state index in [9.17, 15) is 23.5 Å². The Kier molecular flexibility index (Phi) is 4.25. The van der Waals surface area contributed by atoms with Crippen molar-refractivity contribution in [3.63, 3.8) is 0 Å². The van der Waals surface area contributed by atoms with Gasteiger partial charge < -0.3 is 10.0 Å². The minimum absolute atomic E-state index is 0.133. The number of likely N-dealkylation sites (tertiary alicyclic amines) is 1. The Hall–Kier alpha value is -1.98. The zero-order valence-electron chi connectivity index (χ0n) is 11.7. The summed E-state index contributed by atoms with van der Waals surface area (Å²) in [4.78, 5) is 25.2. The molecule has 0 saturated carbocycles. The van der Waals surface area contributed by atoms with Gasteiger partial charge in [0, 0.05) is 6.54 Å². The molecule has 1 atom stereocenters. The van der Waals surface area contributed by atoms with E-state index in [1.807, 2.05) is 0 Å². The normalized spacial score (nSPS) is 21.6. The van der Waals surface area contributed by atoms with Crippen LogP contribution in [0.2, 0.25) is 0 Å². The first-order valence-corrected chi connectivity index (χ1v) is 6.88. The van der Waals surface area contributed by atoms with Gasteiger partial charge in [0.1, 0.15) is 5.54 Å². The largest absolute Gasteiger partial charge is 0.479 e. The quantitative estimate of drug-likeness (QED) is 0.928. The molecule has 0 spiro atoms. The Morgan fingerprint density at radius 2 is 2.05 bits per heavy atom. The van der Waals surface area contributed by atoms with Crippen LogP contribution in [0, 0.1) is 11.6 Å². The van der Waals surface area contributed by atoms with Gasteiger partial charge in [-0.2, -0.15) is 0 Å². The van der Waals surface area contributed by atoms with Crippen LogP contribution in [0.15, 0.2) is 18.2 Å². The van der Waals surface area contributed by atoms with Crippen LogP contribution in [0.4, 0.5) is 8.78 Å². The van der Waals surface area contributed by atoms with Crippen molar-refractivity contribution in [1.82, 2.24) is 4.90 Å². The molecular weight excluding hydrogens is 280 g/mol. The minimum atomic E-state index is -1.17. The number of hydrogen-bond donors (Lipinski definition) is 1. The van der Waals surface area contributed by atoms with Crippen LogP contribution in [0.5, 0.6) is 0 Å². The van der Waals surface area contributed by atoms with Gasteiger partial charge in [-0.1, -0.05) is 13.0 Å². The second-order valence-corrected chi connectivity index (χ2v) is 5.26. The van der Waals surface area contributed by atoms with E-state index in [1.54, 1.807) is 6.92 Å². The first kappa shape index (κ1) is 15.4. The third-order valence-electron chi connectivity index (χ3n) is 4.11. The topological polar surface area (TPSA) is 57.6 Å². The first-order chi connectivity index (χ1) is 9.90. The van der Waals surface area contributed by atoms with Crippen LogP contribution in [0.1, 0.15) is 31.7 Å². The molecule has 0 bridgehead atoms. The Morgan fingerprint density at radius 3 is 2.62 bits per heavy atom. The molecule has 1 aromatic rings. The molecule has 1 aliphatic heterocycles. The van der Waals surface area contributed by atoms with E-state index in [4.69, 9.17) is 0 Å². The summed E-state index contributed by atoms with van der Waals surface area (Å²) in [6, 6.07) is 3.27. The van der Waals surface area contributed by atoms with Crippen LogP contribution < -0.4 is 0 Å². The Morgan fingerprint density at radius 1 is 1.33 bits per heavy atom. The third-order valence-corrected chi connectivity index (χ3v) is 4.11. The van der Waals surface area contributed by atoms with E-state index >= 15 is 0 Å². The highest BCUT2D eigenvalue weighted by Gasteiger charge is 2.48. The summed E-state index contributed by atoms with van der Waals surface area (Å²) in [6.07, 6.45) is 1.24. The zero-order chi connectivity index (χ0) is 15.6. The molecule has 0 aliphatic carbocycles. The van der Waals surface area contributed by atoms with E-state index in [1.165, 1.54) is 11.0 Å². The average molecular weight is 297 g/mol. The fourth-order valence-corrected chi connectivity index (χ4v) is 2.90. The maximum atomic E-state index is 13.2. The Balaban J connectivity index is 2.19. The molecule has 1 fully saturated rings. The second-order valence-electron chi connectivity index (χ2n) is 5.26. The molecule has 1 heterocycles. The number of carbonyl (C=O) groups is 2. The first-order valence-electron chi connectivity index (χ1n) is 6.88. The Bertz CT molecular complexity index is 576. The summed E-state index contributed by atoms with van der Waals surface area (Å²) in [6.45, 7) is 2.11. The summed E-state index contributed by atoms with van der Waals surface area (Å²) in [7, 11) is 0. The van der Waals surface area contributed by atoms with Crippen molar-refractivity contribution in [2.24, 2.45) is 0 Å². The van der Waals surface area contributed by atoms with Gasteiger partial charge in [0.05, 0.1) is 6.42 Å². The lowest BCUT2D eigenvalue weighted by Crippen LogP contribution is -2.53. The van der Waals surface area contributed by atoms with Crippen molar-refractivity contribution in [3.8, 4) is 0 Å². The number of amides is 1. The number of benzene rings is 1. The SMILES string of the molecule is CCC1(C(=O)O)CCCN1C(=O)Cc1ccc(F)c(F)c1. The van der Waals surface area contributed by atoms with Crippen molar-refractivity contribution >= 4 is 11.9 Å². The van der Waals surface area contributed by atoms with Gasteiger partial charge in [0.2, 0.25) is 5.91 Å². The molecule has 1 N–H and O–H groups in total. The van der Waals surface area contributed by atoms with Crippen LogP contribution in [0.25, 0.3) is 0 Å². The fourth-order valence-electron chi connectivity index (χ4n) is 2.90. The van der Waals surface area contributed by atoms with Crippen LogP contribution in [-0.4, -0.2) is 34.0 Å². The van der Waals surface area contributed by atoms with Crippen molar-refractivity contribution in [2.45, 2.75) is 38.1 Å². The summed E-state index contributed by atoms with van der Waals surface area (Å²) in [5.74, 6) is -3.37. The summed E-state index contributed by atoms with van der Waals surface area (Å²) in [5.41, 5.74) is -0.837. The molecule has 0 radical (unpaired) electrons. The molecule has 1 aliphatic rings. The summed E-state index contributed by atoms with van der Waals surface area (Å²) < 4.78 is 26.0. The highest BCUT2D eigenvalue weighted by Crippen LogP contribution is 2.33. The van der Waals surface area contributed by atoms with Gasteiger partial charge in [-0.15, -0.1) is 0 Å². The van der Waals surface area contributed by atoms with E-state index < -0.39 is 23.1 Å². The maximum Gasteiger partial charge on any atom is 0.329 e. The molecular formula is C15H17F2NO3. The molecule has 2 rings (SSSR count). The number of carbonyl (C=O) groups excluding carboxylic acids is 1. The Labute approximate surface area is 121 Å². The molecule has 114 valence electrons. The predicted octanol–water partition coefficient (Wildman–Crippen LogP) is 2.36. The molecule has 21 heavy (non-hydrogen) atoms.